The number of rotatable bonds is 6. The molecule has 0 bridgehead atoms. The number of nitrogens with zero attached hydrogens (tertiary/aromatic N) is 4. The van der Waals surface area contributed by atoms with Crippen LogP contribution in [0.1, 0.15) is 33.3 Å². The number of nitrogens with one attached hydrogen (secondary N) is 1. The van der Waals surface area contributed by atoms with Crippen molar-refractivity contribution in [2.24, 2.45) is 0 Å². The van der Waals surface area contributed by atoms with Gasteiger partial charge in [0.2, 0.25) is 5.95 Å². The summed E-state index contributed by atoms with van der Waals surface area (Å²) in [6, 6.07) is 5.13. The third-order valence-electron chi connectivity index (χ3n) is 3.54. The Kier molecular flexibility index (Phi) is 4.60. The molecule has 0 radical (unpaired) electrons. The molecule has 0 spiro atoms. The van der Waals surface area contributed by atoms with E-state index in [2.05, 4.69) is 48.0 Å². The number of pyridine rings is 1. The highest BCUT2D eigenvalue weighted by molar-refractivity contribution is 5.49. The van der Waals surface area contributed by atoms with E-state index >= 15 is 0 Å². The van der Waals surface area contributed by atoms with Gasteiger partial charge in [-0.2, -0.15) is 4.98 Å². The van der Waals surface area contributed by atoms with E-state index in [1.165, 1.54) is 0 Å². The second-order valence-corrected chi connectivity index (χ2v) is 5.75. The number of anilines is 1. The Bertz CT molecular complexity index is 550. The van der Waals surface area contributed by atoms with Crippen molar-refractivity contribution in [1.29, 1.82) is 0 Å². The van der Waals surface area contributed by atoms with Crippen LogP contribution in [-0.2, 0) is 0 Å². The lowest BCUT2D eigenvalue weighted by Gasteiger charge is -2.30. The zero-order valence-corrected chi connectivity index (χ0v) is 13.1. The molecule has 2 heterocycles. The Balaban J connectivity index is 1.97. The van der Waals surface area contributed by atoms with Crippen LogP contribution in [0.3, 0.4) is 0 Å². The van der Waals surface area contributed by atoms with Crippen molar-refractivity contribution in [3.8, 4) is 0 Å². The molecule has 2 aromatic rings. The Labute approximate surface area is 121 Å². The molecule has 20 heavy (non-hydrogen) atoms. The van der Waals surface area contributed by atoms with Gasteiger partial charge < -0.3 is 5.32 Å². The highest BCUT2D eigenvalue weighted by atomic mass is 15.3. The molecule has 0 aliphatic rings. The first-order valence-electron chi connectivity index (χ1n) is 7.30. The highest BCUT2D eigenvalue weighted by Gasteiger charge is 2.13. The van der Waals surface area contributed by atoms with E-state index in [4.69, 9.17) is 0 Å². The standard InChI is InChI=1S/C15H25N5/c1-11(2)19(12(3)4)10-8-16-15-17-14-13(5)7-6-9-20(14)18-15/h6-7,9,11-12H,8,10H2,1-5H3,(H,16,18). The van der Waals surface area contributed by atoms with Gasteiger partial charge in [-0.05, 0) is 46.2 Å². The summed E-state index contributed by atoms with van der Waals surface area (Å²) in [5, 5.41) is 7.75. The van der Waals surface area contributed by atoms with E-state index < -0.39 is 0 Å². The van der Waals surface area contributed by atoms with Gasteiger partial charge in [-0.15, -0.1) is 5.10 Å². The van der Waals surface area contributed by atoms with Crippen LogP contribution in [0.15, 0.2) is 18.3 Å². The summed E-state index contributed by atoms with van der Waals surface area (Å²) in [6.45, 7) is 12.8. The molecule has 0 saturated heterocycles. The SMILES string of the molecule is Cc1cccn2nc(NCCN(C(C)C)C(C)C)nc12. The molecule has 0 aliphatic heterocycles. The molecular weight excluding hydrogens is 250 g/mol. The van der Waals surface area contributed by atoms with E-state index in [9.17, 15) is 0 Å². The van der Waals surface area contributed by atoms with E-state index in [0.717, 1.165) is 24.3 Å². The topological polar surface area (TPSA) is 45.5 Å². The molecule has 5 heteroatoms. The summed E-state index contributed by atoms with van der Waals surface area (Å²) in [5.41, 5.74) is 2.05. The fourth-order valence-electron chi connectivity index (χ4n) is 2.52. The van der Waals surface area contributed by atoms with Gasteiger partial charge in [-0.3, -0.25) is 4.90 Å². The van der Waals surface area contributed by atoms with Gasteiger partial charge >= 0.3 is 0 Å². The number of hydrogen-bond acceptors (Lipinski definition) is 4. The quantitative estimate of drug-likeness (QED) is 0.880. The minimum absolute atomic E-state index is 0.549. The molecule has 0 aliphatic carbocycles. The normalized spacial score (nSPS) is 12.0. The summed E-state index contributed by atoms with van der Waals surface area (Å²) in [6.07, 6.45) is 1.93. The van der Waals surface area contributed by atoms with Gasteiger partial charge in [0.1, 0.15) is 0 Å². The predicted octanol–water partition coefficient (Wildman–Crippen LogP) is 2.57. The van der Waals surface area contributed by atoms with Gasteiger partial charge in [0.05, 0.1) is 0 Å². The second kappa shape index (κ2) is 6.22. The Morgan fingerprint density at radius 3 is 2.55 bits per heavy atom. The first kappa shape index (κ1) is 14.8. The van der Waals surface area contributed by atoms with Crippen molar-refractivity contribution < 1.29 is 0 Å². The molecule has 0 amide bonds. The van der Waals surface area contributed by atoms with Crippen LogP contribution >= 0.6 is 0 Å². The molecule has 110 valence electrons. The monoisotopic (exact) mass is 275 g/mol. The van der Waals surface area contributed by atoms with Crippen LogP contribution in [0.5, 0.6) is 0 Å². The average molecular weight is 275 g/mol. The number of fused-ring (bicyclic) bond motifs is 1. The Morgan fingerprint density at radius 1 is 1.25 bits per heavy atom. The smallest absolute Gasteiger partial charge is 0.243 e. The lowest BCUT2D eigenvalue weighted by atomic mass is 10.2. The molecule has 0 aromatic carbocycles. The second-order valence-electron chi connectivity index (χ2n) is 5.75. The van der Waals surface area contributed by atoms with Crippen LogP contribution in [0.25, 0.3) is 5.65 Å². The molecule has 0 atom stereocenters. The number of aryl methyl sites for hydroxylation is 1. The molecule has 2 aromatic heterocycles. The third kappa shape index (κ3) is 3.28. The van der Waals surface area contributed by atoms with Gasteiger partial charge in [0, 0.05) is 31.4 Å². The summed E-state index contributed by atoms with van der Waals surface area (Å²) in [5.74, 6) is 0.701. The lowest BCUT2D eigenvalue weighted by Crippen LogP contribution is -2.40. The van der Waals surface area contributed by atoms with Crippen LogP contribution in [0, 0.1) is 6.92 Å². The first-order chi connectivity index (χ1) is 9.49. The van der Waals surface area contributed by atoms with Crippen LogP contribution in [0.2, 0.25) is 0 Å². The average Bonchev–Trinajstić information content (AvgIpc) is 2.78. The Morgan fingerprint density at radius 2 is 1.95 bits per heavy atom. The van der Waals surface area contributed by atoms with Gasteiger partial charge in [-0.25, -0.2) is 4.52 Å². The fraction of sp³-hybridized carbons (Fsp3) is 0.600. The Hall–Kier alpha value is -1.62. The van der Waals surface area contributed by atoms with E-state index in [-0.39, 0.29) is 0 Å². The van der Waals surface area contributed by atoms with E-state index in [1.807, 2.05) is 29.8 Å². The zero-order valence-electron chi connectivity index (χ0n) is 13.1. The molecule has 1 N–H and O–H groups in total. The minimum atomic E-state index is 0.549. The van der Waals surface area contributed by atoms with Gasteiger partial charge in [0.25, 0.3) is 0 Å². The third-order valence-corrected chi connectivity index (χ3v) is 3.54. The maximum absolute atomic E-state index is 4.52. The molecule has 5 nitrogen and oxygen atoms in total. The molecular formula is C15H25N5. The minimum Gasteiger partial charge on any atom is -0.352 e. The molecule has 2 rings (SSSR count). The van der Waals surface area contributed by atoms with Crippen molar-refractivity contribution in [1.82, 2.24) is 19.5 Å². The zero-order chi connectivity index (χ0) is 14.7. The van der Waals surface area contributed by atoms with Crippen molar-refractivity contribution in [3.05, 3.63) is 23.9 Å². The summed E-state index contributed by atoms with van der Waals surface area (Å²) < 4.78 is 1.82. The number of aromatic nitrogens is 3. The van der Waals surface area contributed by atoms with Crippen LogP contribution < -0.4 is 5.32 Å². The van der Waals surface area contributed by atoms with Crippen molar-refractivity contribution in [2.75, 3.05) is 18.4 Å². The lowest BCUT2D eigenvalue weighted by molar-refractivity contribution is 0.182. The highest BCUT2D eigenvalue weighted by Crippen LogP contribution is 2.10. The first-order valence-corrected chi connectivity index (χ1v) is 7.30. The van der Waals surface area contributed by atoms with Gasteiger partial charge in [0.15, 0.2) is 5.65 Å². The van der Waals surface area contributed by atoms with E-state index in [0.29, 0.717) is 18.0 Å². The van der Waals surface area contributed by atoms with Gasteiger partial charge in [-0.1, -0.05) is 6.07 Å². The largest absolute Gasteiger partial charge is 0.352 e. The van der Waals surface area contributed by atoms with Crippen molar-refractivity contribution in [2.45, 2.75) is 46.7 Å². The molecule has 0 saturated carbocycles. The summed E-state index contributed by atoms with van der Waals surface area (Å²) in [7, 11) is 0. The van der Waals surface area contributed by atoms with E-state index in [1.54, 1.807) is 0 Å². The van der Waals surface area contributed by atoms with Crippen molar-refractivity contribution in [3.63, 3.8) is 0 Å². The maximum atomic E-state index is 4.52. The fourth-order valence-corrected chi connectivity index (χ4v) is 2.52. The molecule has 0 unspecified atom stereocenters. The molecule has 0 fully saturated rings. The van der Waals surface area contributed by atoms with Crippen LogP contribution in [-0.4, -0.2) is 44.7 Å². The predicted molar refractivity (Wildman–Crippen MR) is 83.2 cm³/mol. The maximum Gasteiger partial charge on any atom is 0.243 e. The van der Waals surface area contributed by atoms with Crippen molar-refractivity contribution >= 4 is 11.6 Å². The summed E-state index contributed by atoms with van der Waals surface area (Å²) >= 11 is 0. The number of hydrogen-bond donors (Lipinski definition) is 1. The van der Waals surface area contributed by atoms with Crippen LogP contribution in [0.4, 0.5) is 5.95 Å². The summed E-state index contributed by atoms with van der Waals surface area (Å²) in [4.78, 5) is 6.97.